The van der Waals surface area contributed by atoms with Gasteiger partial charge in [-0.2, -0.15) is 5.48 Å². The molecule has 16 nitrogen and oxygen atoms in total. The summed E-state index contributed by atoms with van der Waals surface area (Å²) in [7, 11) is 0. The highest BCUT2D eigenvalue weighted by atomic mass is 16.6. The number of hydroxylamine groups is 1. The van der Waals surface area contributed by atoms with Crippen LogP contribution < -0.4 is 16.1 Å². The van der Waals surface area contributed by atoms with Gasteiger partial charge < -0.3 is 40.0 Å². The standard InChI is InChI=1S/C25H32N4O4.C20H18O8/c30-24(23-12-11-21(15-26-23)28-33-18-20-9-5-2-6-10-20)27-22-13-14-29(16-22)25(31)32-17-19-7-3-1-4-8-19;1-11-3-7-13(8-4-11)19(25)27-15(17(21)22)16(18(23)24)28-20(26)14-9-5-12(2)6-10-14/h1-10,21-23,26,28H,11-18H2,(H,27,30);3-10,15-16H,1-2H3,(H,21,22)(H,23,24)/t21-,22+,23+;15-,16-/m11/s1. The van der Waals surface area contributed by atoms with E-state index in [1.807, 2.05) is 60.7 Å². The highest BCUT2D eigenvalue weighted by Crippen LogP contribution is 2.16. The lowest BCUT2D eigenvalue weighted by atomic mass is 10.0. The minimum absolute atomic E-state index is 0.0110. The van der Waals surface area contributed by atoms with Crippen LogP contribution in [-0.4, -0.2) is 101 Å². The van der Waals surface area contributed by atoms with Crippen molar-refractivity contribution in [3.05, 3.63) is 143 Å². The summed E-state index contributed by atoms with van der Waals surface area (Å²) in [6.07, 6.45) is -2.47. The number of hydrogen-bond donors (Lipinski definition) is 5. The molecule has 0 saturated carbocycles. The van der Waals surface area contributed by atoms with Crippen molar-refractivity contribution in [1.29, 1.82) is 0 Å². The monoisotopic (exact) mass is 838 g/mol. The lowest BCUT2D eigenvalue weighted by molar-refractivity contribution is -0.166. The molecule has 2 saturated heterocycles. The van der Waals surface area contributed by atoms with Gasteiger partial charge >= 0.3 is 30.0 Å². The quantitative estimate of drug-likeness (QED) is 0.0629. The number of ether oxygens (including phenoxy) is 3. The Morgan fingerprint density at radius 2 is 1.18 bits per heavy atom. The van der Waals surface area contributed by atoms with Gasteiger partial charge in [-0.05, 0) is 68.5 Å². The molecule has 322 valence electrons. The van der Waals surface area contributed by atoms with Crippen molar-refractivity contribution in [2.45, 2.75) is 76.7 Å². The number of aryl methyl sites for hydroxylation is 2. The summed E-state index contributed by atoms with van der Waals surface area (Å²) < 4.78 is 15.0. The van der Waals surface area contributed by atoms with Gasteiger partial charge in [0, 0.05) is 31.7 Å². The summed E-state index contributed by atoms with van der Waals surface area (Å²) in [5, 5.41) is 25.0. The van der Waals surface area contributed by atoms with Gasteiger partial charge in [-0.25, -0.2) is 24.0 Å². The Morgan fingerprint density at radius 1 is 0.672 bits per heavy atom. The molecule has 16 heteroatoms. The maximum atomic E-state index is 12.7. The number of carbonyl (C=O) groups is 6. The van der Waals surface area contributed by atoms with E-state index in [0.29, 0.717) is 26.2 Å². The molecule has 4 aromatic carbocycles. The van der Waals surface area contributed by atoms with Crippen molar-refractivity contribution in [2.24, 2.45) is 0 Å². The van der Waals surface area contributed by atoms with Crippen LogP contribution in [0, 0.1) is 13.8 Å². The van der Waals surface area contributed by atoms with Crippen molar-refractivity contribution in [3.63, 3.8) is 0 Å². The third-order valence-corrected chi connectivity index (χ3v) is 9.86. The highest BCUT2D eigenvalue weighted by molar-refractivity contribution is 5.95. The summed E-state index contributed by atoms with van der Waals surface area (Å²) >= 11 is 0. The number of likely N-dealkylation sites (tertiary alicyclic amines) is 1. The number of carboxylic acid groups (broad SMARTS) is 2. The van der Waals surface area contributed by atoms with Crippen LogP contribution >= 0.6 is 0 Å². The minimum Gasteiger partial charge on any atom is -0.478 e. The molecule has 6 rings (SSSR count). The molecule has 0 aliphatic carbocycles. The van der Waals surface area contributed by atoms with Gasteiger partial charge in [-0.15, -0.1) is 0 Å². The lowest BCUT2D eigenvalue weighted by Gasteiger charge is -2.30. The second-order valence-corrected chi connectivity index (χ2v) is 14.7. The average molecular weight is 839 g/mol. The lowest BCUT2D eigenvalue weighted by Crippen LogP contribution is -2.55. The first-order chi connectivity index (χ1) is 29.4. The summed E-state index contributed by atoms with van der Waals surface area (Å²) in [5.41, 5.74) is 6.95. The Balaban J connectivity index is 0.000000234. The number of benzene rings is 4. The molecular formula is C45H50N4O12. The van der Waals surface area contributed by atoms with Crippen LogP contribution in [0.15, 0.2) is 109 Å². The zero-order chi connectivity index (χ0) is 43.7. The van der Waals surface area contributed by atoms with E-state index in [0.717, 1.165) is 41.5 Å². The number of nitrogens with one attached hydrogen (secondary N) is 3. The van der Waals surface area contributed by atoms with Gasteiger partial charge in [-0.1, -0.05) is 96.1 Å². The topological polar surface area (TPSA) is 219 Å². The van der Waals surface area contributed by atoms with E-state index in [2.05, 4.69) is 16.1 Å². The van der Waals surface area contributed by atoms with E-state index in [-0.39, 0.29) is 47.9 Å². The zero-order valence-corrected chi connectivity index (χ0v) is 33.9. The van der Waals surface area contributed by atoms with E-state index in [9.17, 15) is 39.0 Å². The molecule has 2 aliphatic rings. The van der Waals surface area contributed by atoms with Crippen LogP contribution in [0.1, 0.15) is 62.2 Å². The first kappa shape index (κ1) is 45.5. The fraction of sp³-hybridized carbons (Fsp3) is 0.333. The molecule has 0 spiro atoms. The van der Waals surface area contributed by atoms with Crippen molar-refractivity contribution in [1.82, 2.24) is 21.0 Å². The van der Waals surface area contributed by atoms with E-state index < -0.39 is 36.1 Å². The van der Waals surface area contributed by atoms with Crippen molar-refractivity contribution in [2.75, 3.05) is 19.6 Å². The molecule has 61 heavy (non-hydrogen) atoms. The van der Waals surface area contributed by atoms with Crippen LogP contribution in [0.5, 0.6) is 0 Å². The van der Waals surface area contributed by atoms with Gasteiger partial charge in [0.1, 0.15) is 6.61 Å². The molecule has 0 aromatic heterocycles. The van der Waals surface area contributed by atoms with E-state index in [1.165, 1.54) is 24.3 Å². The number of rotatable bonds is 15. The first-order valence-electron chi connectivity index (χ1n) is 19.8. The van der Waals surface area contributed by atoms with Gasteiger partial charge in [0.25, 0.3) is 0 Å². The second kappa shape index (κ2) is 22.7. The maximum Gasteiger partial charge on any atom is 0.410 e. The SMILES string of the molecule is Cc1ccc(C(=O)O[C@@H](C(=O)O)[C@@H](OC(=O)c2ccc(C)cc2)C(=O)O)cc1.O=C(N[C@H]1CCN(C(=O)OCc2ccccc2)C1)[C@@H]1CC[C@@H](NOCc2ccccc2)CN1. The third-order valence-electron chi connectivity index (χ3n) is 9.86. The Labute approximate surface area is 353 Å². The molecule has 5 N–H and O–H groups in total. The van der Waals surface area contributed by atoms with Crippen LogP contribution in [0.25, 0.3) is 0 Å². The largest absolute Gasteiger partial charge is 0.478 e. The van der Waals surface area contributed by atoms with Gasteiger partial charge in [0.2, 0.25) is 18.1 Å². The average Bonchev–Trinajstić information content (AvgIpc) is 3.74. The second-order valence-electron chi connectivity index (χ2n) is 14.7. The number of nitrogens with zero attached hydrogens (tertiary/aromatic N) is 1. The number of carboxylic acids is 2. The number of piperidine rings is 1. The molecule has 2 aliphatic heterocycles. The number of aliphatic carboxylic acids is 2. The summed E-state index contributed by atoms with van der Waals surface area (Å²) in [5.74, 6) is -5.63. The molecular weight excluding hydrogens is 789 g/mol. The Bertz CT molecular complexity index is 2000. The molecule has 0 unspecified atom stereocenters. The number of carbonyl (C=O) groups excluding carboxylic acids is 4. The van der Waals surface area contributed by atoms with E-state index >= 15 is 0 Å². The normalized spacial score (nSPS) is 18.0. The van der Waals surface area contributed by atoms with Crippen LogP contribution in [0.2, 0.25) is 0 Å². The predicted molar refractivity (Wildman–Crippen MR) is 220 cm³/mol. The Kier molecular flexibility index (Phi) is 16.9. The molecule has 2 fully saturated rings. The summed E-state index contributed by atoms with van der Waals surface area (Å²) in [6.45, 7) is 6.07. The molecule has 0 bridgehead atoms. The van der Waals surface area contributed by atoms with E-state index in [1.54, 1.807) is 43.0 Å². The van der Waals surface area contributed by atoms with Crippen molar-refractivity contribution >= 4 is 35.9 Å². The van der Waals surface area contributed by atoms with Crippen molar-refractivity contribution < 1.29 is 58.0 Å². The van der Waals surface area contributed by atoms with E-state index in [4.69, 9.17) is 19.0 Å². The zero-order valence-electron chi connectivity index (χ0n) is 33.9. The first-order valence-corrected chi connectivity index (χ1v) is 19.8. The minimum atomic E-state index is -2.22. The fourth-order valence-corrected chi connectivity index (χ4v) is 6.38. The third kappa shape index (κ3) is 14.3. The van der Waals surface area contributed by atoms with Gasteiger partial charge in [0.15, 0.2) is 0 Å². The van der Waals surface area contributed by atoms with Gasteiger partial charge in [-0.3, -0.25) is 9.63 Å². The van der Waals surface area contributed by atoms with Crippen molar-refractivity contribution in [3.8, 4) is 0 Å². The highest BCUT2D eigenvalue weighted by Gasteiger charge is 2.41. The van der Waals surface area contributed by atoms with Gasteiger partial charge in [0.05, 0.1) is 23.8 Å². The molecule has 2 amide bonds. The van der Waals surface area contributed by atoms with Crippen LogP contribution in [-0.2, 0) is 46.6 Å². The number of esters is 2. The molecule has 4 aromatic rings. The summed E-state index contributed by atoms with van der Waals surface area (Å²) in [4.78, 5) is 79.6. The number of hydrogen-bond acceptors (Lipinski definition) is 12. The maximum absolute atomic E-state index is 12.7. The number of amides is 2. The molecule has 0 radical (unpaired) electrons. The Morgan fingerprint density at radius 3 is 1.66 bits per heavy atom. The molecule has 2 heterocycles. The fourth-order valence-electron chi connectivity index (χ4n) is 6.38. The predicted octanol–water partition coefficient (Wildman–Crippen LogP) is 4.58. The smallest absolute Gasteiger partial charge is 0.410 e. The summed E-state index contributed by atoms with van der Waals surface area (Å²) in [6, 6.07) is 31.6. The van der Waals surface area contributed by atoms with Crippen LogP contribution in [0.3, 0.4) is 0 Å². The Hall–Kier alpha value is -6.62. The van der Waals surface area contributed by atoms with Crippen LogP contribution in [0.4, 0.5) is 4.79 Å². The molecule has 5 atom stereocenters.